The Balaban J connectivity index is 2.12. The number of β-lactam (4-membered cyclic amide) rings is 1. The van der Waals surface area contributed by atoms with E-state index in [4.69, 9.17) is 5.11 Å². The molecule has 0 aliphatic carbocycles. The molecule has 0 radical (unpaired) electrons. The van der Waals surface area contributed by atoms with Gasteiger partial charge in [0.15, 0.2) is 0 Å². The van der Waals surface area contributed by atoms with Gasteiger partial charge >= 0.3 is 5.97 Å². The molecule has 2 atom stereocenters. The first-order valence-corrected chi connectivity index (χ1v) is 5.90. The molecule has 6 heteroatoms. The van der Waals surface area contributed by atoms with E-state index in [0.29, 0.717) is 12.2 Å². The second-order valence-corrected chi connectivity index (χ2v) is 5.28. The number of carbonyl (C=O) groups excluding carboxylic acids is 1. The molecule has 2 aliphatic rings. The van der Waals surface area contributed by atoms with E-state index in [0.717, 1.165) is 0 Å². The summed E-state index contributed by atoms with van der Waals surface area (Å²) in [6.07, 6.45) is 0.501. The zero-order chi connectivity index (χ0) is 8.72. The fourth-order valence-electron chi connectivity index (χ4n) is 1.31. The van der Waals surface area contributed by atoms with E-state index in [1.165, 1.54) is 15.7 Å². The van der Waals surface area contributed by atoms with Crippen molar-refractivity contribution in [1.82, 2.24) is 4.90 Å². The molecular weight excluding hydrogens is 198 g/mol. The van der Waals surface area contributed by atoms with Gasteiger partial charge in [0, 0.05) is 5.75 Å². The van der Waals surface area contributed by atoms with Gasteiger partial charge in [-0.05, 0) is 0 Å². The van der Waals surface area contributed by atoms with Gasteiger partial charge in [0.25, 0.3) is 0 Å². The molecule has 2 saturated heterocycles. The van der Waals surface area contributed by atoms with Crippen LogP contribution in [0.4, 0.5) is 0 Å². The normalized spacial score (nSPS) is 34.0. The number of rotatable bonds is 1. The second kappa shape index (κ2) is 2.85. The first-order valence-electron chi connectivity index (χ1n) is 3.52. The number of carboxylic acid groups (broad SMARTS) is 1. The van der Waals surface area contributed by atoms with E-state index in [1.807, 2.05) is 0 Å². The van der Waals surface area contributed by atoms with Crippen LogP contribution >= 0.6 is 21.6 Å². The molecule has 0 spiro atoms. The van der Waals surface area contributed by atoms with Gasteiger partial charge in [0.1, 0.15) is 6.04 Å². The number of hydrogen-bond acceptors (Lipinski definition) is 4. The molecule has 2 fully saturated rings. The summed E-state index contributed by atoms with van der Waals surface area (Å²) < 4.78 is 0. The SMILES string of the molecule is O=C(O)C1CSS[C@@H]2CC(=O)N12. The van der Waals surface area contributed by atoms with Crippen LogP contribution in [0.2, 0.25) is 0 Å². The summed E-state index contributed by atoms with van der Waals surface area (Å²) in [5, 5.41) is 8.87. The van der Waals surface area contributed by atoms with Crippen LogP contribution in [-0.2, 0) is 9.59 Å². The maximum atomic E-state index is 11.0. The summed E-state index contributed by atoms with van der Waals surface area (Å²) in [5.74, 6) is -0.413. The average Bonchev–Trinajstić information content (AvgIpc) is 2.01. The highest BCUT2D eigenvalue weighted by Crippen LogP contribution is 2.44. The van der Waals surface area contributed by atoms with Gasteiger partial charge in [-0.1, -0.05) is 21.6 Å². The monoisotopic (exact) mass is 205 g/mol. The van der Waals surface area contributed by atoms with Crippen molar-refractivity contribution in [3.63, 3.8) is 0 Å². The van der Waals surface area contributed by atoms with E-state index in [-0.39, 0.29) is 11.3 Å². The highest BCUT2D eigenvalue weighted by molar-refractivity contribution is 8.77. The molecule has 1 unspecified atom stereocenters. The molecule has 0 aromatic carbocycles. The fraction of sp³-hybridized carbons (Fsp3) is 0.667. The quantitative estimate of drug-likeness (QED) is 0.496. The first kappa shape index (κ1) is 8.25. The fourth-order valence-corrected chi connectivity index (χ4v) is 4.12. The van der Waals surface area contributed by atoms with Crippen LogP contribution in [0.3, 0.4) is 0 Å². The third kappa shape index (κ3) is 1.09. The van der Waals surface area contributed by atoms with Gasteiger partial charge in [-0.2, -0.15) is 0 Å². The number of carboxylic acids is 1. The number of aliphatic carboxylic acids is 1. The molecule has 1 amide bonds. The average molecular weight is 205 g/mol. The highest BCUT2D eigenvalue weighted by atomic mass is 33.1. The van der Waals surface area contributed by atoms with Crippen LogP contribution < -0.4 is 0 Å². The lowest BCUT2D eigenvalue weighted by Crippen LogP contribution is -2.60. The van der Waals surface area contributed by atoms with Crippen molar-refractivity contribution in [3.8, 4) is 0 Å². The third-order valence-corrected chi connectivity index (χ3v) is 4.66. The topological polar surface area (TPSA) is 57.6 Å². The van der Waals surface area contributed by atoms with E-state index in [1.54, 1.807) is 10.8 Å². The minimum absolute atomic E-state index is 0.0276. The molecule has 2 rings (SSSR count). The van der Waals surface area contributed by atoms with Crippen molar-refractivity contribution >= 4 is 33.5 Å². The Morgan fingerprint density at radius 3 is 2.92 bits per heavy atom. The van der Waals surface area contributed by atoms with Gasteiger partial charge in [0.05, 0.1) is 11.8 Å². The zero-order valence-corrected chi connectivity index (χ0v) is 7.73. The number of fused-ring (bicyclic) bond motifs is 1. The number of nitrogens with zero attached hydrogens (tertiary/aromatic N) is 1. The van der Waals surface area contributed by atoms with Crippen molar-refractivity contribution < 1.29 is 14.7 Å². The molecule has 0 saturated carbocycles. The smallest absolute Gasteiger partial charge is 0.327 e. The van der Waals surface area contributed by atoms with Gasteiger partial charge in [-0.25, -0.2) is 4.79 Å². The van der Waals surface area contributed by atoms with Crippen molar-refractivity contribution in [2.45, 2.75) is 17.8 Å². The maximum Gasteiger partial charge on any atom is 0.327 e. The molecule has 12 heavy (non-hydrogen) atoms. The Bertz CT molecular complexity index is 237. The van der Waals surface area contributed by atoms with Crippen LogP contribution in [0.5, 0.6) is 0 Å². The first-order chi connectivity index (χ1) is 5.70. The lowest BCUT2D eigenvalue weighted by molar-refractivity contribution is -0.156. The van der Waals surface area contributed by atoms with E-state index >= 15 is 0 Å². The Hall–Kier alpha value is -0.360. The van der Waals surface area contributed by atoms with E-state index in [9.17, 15) is 9.59 Å². The summed E-state index contributed by atoms with van der Waals surface area (Å²) in [7, 11) is 3.13. The molecule has 4 nitrogen and oxygen atoms in total. The predicted molar refractivity (Wildman–Crippen MR) is 46.7 cm³/mol. The summed E-state index contributed by atoms with van der Waals surface area (Å²) in [5.41, 5.74) is 0. The maximum absolute atomic E-state index is 11.0. The highest BCUT2D eigenvalue weighted by Gasteiger charge is 2.47. The van der Waals surface area contributed by atoms with Gasteiger partial charge in [-0.3, -0.25) is 4.79 Å². The molecule has 0 bridgehead atoms. The summed E-state index contributed by atoms with van der Waals surface area (Å²) >= 11 is 0. The standard InChI is InChI=1S/C6H7NO3S2/c8-4-1-5-7(4)3(6(9)10)2-11-12-5/h3,5H,1-2H2,(H,9,10)/t3?,5-/m1/s1. The predicted octanol–water partition coefficient (Wildman–Crippen LogP) is 0.393. The number of carbonyl (C=O) groups is 2. The Morgan fingerprint density at radius 2 is 2.42 bits per heavy atom. The van der Waals surface area contributed by atoms with Crippen LogP contribution in [0.25, 0.3) is 0 Å². The molecule has 1 N–H and O–H groups in total. The Labute approximate surface area is 77.1 Å². The largest absolute Gasteiger partial charge is 0.480 e. The van der Waals surface area contributed by atoms with Crippen LogP contribution in [0.15, 0.2) is 0 Å². The van der Waals surface area contributed by atoms with Gasteiger partial charge in [0.2, 0.25) is 5.91 Å². The Morgan fingerprint density at radius 1 is 1.67 bits per heavy atom. The summed E-state index contributed by atoms with van der Waals surface area (Å²) in [4.78, 5) is 23.2. The molecule has 2 aliphatic heterocycles. The van der Waals surface area contributed by atoms with Crippen molar-refractivity contribution in [2.24, 2.45) is 0 Å². The van der Waals surface area contributed by atoms with Gasteiger partial charge < -0.3 is 10.0 Å². The van der Waals surface area contributed by atoms with E-state index < -0.39 is 12.0 Å². The number of amides is 1. The van der Waals surface area contributed by atoms with Crippen molar-refractivity contribution in [2.75, 3.05) is 5.75 Å². The van der Waals surface area contributed by atoms with Crippen LogP contribution in [0, 0.1) is 0 Å². The Kier molecular flexibility index (Phi) is 1.96. The molecular formula is C6H7NO3S2. The van der Waals surface area contributed by atoms with E-state index in [2.05, 4.69) is 0 Å². The van der Waals surface area contributed by atoms with Crippen LogP contribution in [0.1, 0.15) is 6.42 Å². The zero-order valence-electron chi connectivity index (χ0n) is 6.10. The van der Waals surface area contributed by atoms with Crippen LogP contribution in [-0.4, -0.2) is 39.1 Å². The molecule has 66 valence electrons. The minimum Gasteiger partial charge on any atom is -0.480 e. The third-order valence-electron chi connectivity index (χ3n) is 1.97. The lowest BCUT2D eigenvalue weighted by Gasteiger charge is -2.46. The lowest BCUT2D eigenvalue weighted by atomic mass is 10.1. The molecule has 0 aromatic rings. The second-order valence-electron chi connectivity index (χ2n) is 2.69. The molecule has 2 heterocycles. The minimum atomic E-state index is -0.888. The van der Waals surface area contributed by atoms with Crippen molar-refractivity contribution in [1.29, 1.82) is 0 Å². The summed E-state index contributed by atoms with van der Waals surface area (Å²) in [6, 6.07) is -0.595. The number of hydrogen-bond donors (Lipinski definition) is 1. The van der Waals surface area contributed by atoms with Crippen molar-refractivity contribution in [3.05, 3.63) is 0 Å². The van der Waals surface area contributed by atoms with Gasteiger partial charge in [-0.15, -0.1) is 0 Å². The summed E-state index contributed by atoms with van der Waals surface area (Å²) in [6.45, 7) is 0. The molecule has 0 aromatic heterocycles.